The number of phenolic OH excluding ortho intramolecular Hbond substituents is 1. The van der Waals surface area contributed by atoms with Crippen LogP contribution in [0.1, 0.15) is 24.3 Å². The molecule has 2 heterocycles. The molecule has 7 rings (SSSR count). The number of carbonyl (C=O) groups excluding carboxylic acids is 4. The average molecular weight is 845 g/mol. The maximum Gasteiger partial charge on any atom is 0.301 e. The quantitative estimate of drug-likeness (QED) is 0.0426. The number of halogens is 8. The number of nitrogens with zero attached hydrogens (tertiary/aromatic N) is 5. The highest BCUT2D eigenvalue weighted by Gasteiger charge is 2.77. The second-order valence-corrected chi connectivity index (χ2v) is 15.3. The molecule has 2 saturated heterocycles. The van der Waals surface area contributed by atoms with Gasteiger partial charge in [0.2, 0.25) is 17.6 Å². The first-order chi connectivity index (χ1) is 26.1. The van der Waals surface area contributed by atoms with Crippen LogP contribution in [0.4, 0.5) is 50.4 Å². The summed E-state index contributed by atoms with van der Waals surface area (Å²) < 4.78 is 73.5. The van der Waals surface area contributed by atoms with Crippen LogP contribution in [0.3, 0.4) is 0 Å². The predicted molar refractivity (Wildman–Crippen MR) is 186 cm³/mol. The minimum absolute atomic E-state index is 0.0217. The Balaban J connectivity index is 1.42. The molecule has 0 radical (unpaired) electrons. The summed E-state index contributed by atoms with van der Waals surface area (Å²) in [5.41, 5.74) is -4.78. The summed E-state index contributed by atoms with van der Waals surface area (Å²) in [5, 5.41) is 34.0. The lowest BCUT2D eigenvalue weighted by Gasteiger charge is -2.50. The van der Waals surface area contributed by atoms with Crippen LogP contribution < -0.4 is 14.7 Å². The summed E-state index contributed by atoms with van der Waals surface area (Å²) >= 11 is 20.6. The first-order valence-electron chi connectivity index (χ1n) is 16.1. The van der Waals surface area contributed by atoms with Gasteiger partial charge in [-0.15, -0.1) is 23.2 Å². The smallest absolute Gasteiger partial charge is 0.301 e. The van der Waals surface area contributed by atoms with Crippen molar-refractivity contribution in [3.63, 3.8) is 0 Å². The molecule has 22 heteroatoms. The van der Waals surface area contributed by atoms with Crippen LogP contribution in [-0.4, -0.2) is 62.4 Å². The van der Waals surface area contributed by atoms with Crippen molar-refractivity contribution in [2.75, 3.05) is 28.8 Å². The number of fused-ring (bicyclic) bond motifs is 4. The summed E-state index contributed by atoms with van der Waals surface area (Å²) in [6.45, 7) is 0. The van der Waals surface area contributed by atoms with Crippen molar-refractivity contribution < 1.29 is 56.1 Å². The molecule has 292 valence electrons. The van der Waals surface area contributed by atoms with Crippen LogP contribution in [-0.2, 0) is 19.2 Å². The largest absolute Gasteiger partial charge is 0.508 e. The molecule has 56 heavy (non-hydrogen) atoms. The third-order valence-corrected chi connectivity index (χ3v) is 12.4. The molecule has 3 aromatic rings. The van der Waals surface area contributed by atoms with E-state index in [2.05, 4.69) is 0 Å². The Bertz CT molecular complexity index is 2370. The van der Waals surface area contributed by atoms with Gasteiger partial charge in [-0.3, -0.25) is 39.4 Å². The number of imide groups is 2. The van der Waals surface area contributed by atoms with Gasteiger partial charge >= 0.3 is 11.4 Å². The fourth-order valence-electron chi connectivity index (χ4n) is 8.37. The number of phenols is 1. The van der Waals surface area contributed by atoms with Crippen molar-refractivity contribution in [2.24, 2.45) is 17.8 Å². The first kappa shape index (κ1) is 38.9. The van der Waals surface area contributed by atoms with Crippen LogP contribution in [0, 0.1) is 67.1 Å². The Morgan fingerprint density at radius 3 is 1.89 bits per heavy atom. The lowest BCUT2D eigenvalue weighted by molar-refractivity contribution is -0.392. The summed E-state index contributed by atoms with van der Waals surface area (Å²) in [6.07, 6.45) is 0.184. The van der Waals surface area contributed by atoms with E-state index in [9.17, 15) is 57.7 Å². The van der Waals surface area contributed by atoms with Crippen molar-refractivity contribution in [1.82, 2.24) is 0 Å². The maximum atomic E-state index is 15.3. The number of hydrogen-bond donors (Lipinski definition) is 1. The van der Waals surface area contributed by atoms with Crippen molar-refractivity contribution in [2.45, 2.75) is 28.5 Å². The number of amides is 4. The predicted octanol–water partition coefficient (Wildman–Crippen LogP) is 6.39. The van der Waals surface area contributed by atoms with Crippen LogP contribution >= 0.6 is 34.8 Å². The fourth-order valence-corrected chi connectivity index (χ4v) is 9.58. The van der Waals surface area contributed by atoms with Gasteiger partial charge in [0.1, 0.15) is 11.4 Å². The van der Waals surface area contributed by atoms with Gasteiger partial charge in [-0.05, 0) is 36.5 Å². The maximum absolute atomic E-state index is 15.3. The molecule has 6 unspecified atom stereocenters. The summed E-state index contributed by atoms with van der Waals surface area (Å²) in [6, 6.07) is 4.81. The van der Waals surface area contributed by atoms with E-state index in [0.29, 0.717) is 4.90 Å². The highest BCUT2D eigenvalue weighted by atomic mass is 35.5. The number of hydrogen-bond acceptors (Lipinski definition) is 10. The number of carbonyl (C=O) groups is 4. The van der Waals surface area contributed by atoms with Crippen LogP contribution in [0.15, 0.2) is 42.0 Å². The summed E-state index contributed by atoms with van der Waals surface area (Å²) in [4.78, 5) is 74.9. The number of allylic oxidation sites excluding steroid dienone is 2. The van der Waals surface area contributed by atoms with E-state index >= 15 is 8.78 Å². The second kappa shape index (κ2) is 12.8. The second-order valence-electron chi connectivity index (χ2n) is 13.7. The van der Waals surface area contributed by atoms with Gasteiger partial charge in [-0.25, -0.2) is 31.8 Å². The van der Waals surface area contributed by atoms with E-state index in [1.807, 2.05) is 0 Å². The van der Waals surface area contributed by atoms with Crippen molar-refractivity contribution in [1.29, 1.82) is 0 Å². The number of aromatic hydroxyl groups is 1. The Morgan fingerprint density at radius 2 is 1.38 bits per heavy atom. The zero-order valence-electron chi connectivity index (χ0n) is 28.2. The SMILES string of the molecule is CN(C)c1c([N+](=O)[O-])cc(N2C(=O)C3CC=C4C(CC5(Cl)C(=O)N(c6c(F)c(F)c(F)c(F)c6F)C(=O)C5(Cl)C4c4ccc(O)cc4Cl)C3C2=O)cc1[N+](=O)[O-]. The molecular weight excluding hydrogens is 824 g/mol. The molecule has 1 saturated carbocycles. The molecule has 0 spiro atoms. The third-order valence-electron chi connectivity index (χ3n) is 10.7. The summed E-state index contributed by atoms with van der Waals surface area (Å²) in [7, 11) is 2.59. The zero-order chi connectivity index (χ0) is 41.2. The number of nitro benzene ring substituents is 2. The number of anilines is 3. The Hall–Kier alpha value is -5.40. The van der Waals surface area contributed by atoms with Crippen molar-refractivity contribution in [3.05, 3.63) is 102 Å². The van der Waals surface area contributed by atoms with E-state index in [1.165, 1.54) is 20.2 Å². The molecule has 2 aliphatic heterocycles. The minimum atomic E-state index is -2.89. The number of nitro groups is 2. The van der Waals surface area contributed by atoms with E-state index < -0.39 is 137 Å². The molecule has 14 nitrogen and oxygen atoms in total. The highest BCUT2D eigenvalue weighted by Crippen LogP contribution is 2.67. The Kier molecular flexibility index (Phi) is 8.89. The molecule has 3 aromatic carbocycles. The van der Waals surface area contributed by atoms with Gasteiger partial charge in [0, 0.05) is 37.2 Å². The monoisotopic (exact) mass is 843 g/mol. The fraction of sp³-hybridized carbons (Fsp3) is 0.294. The van der Waals surface area contributed by atoms with Gasteiger partial charge in [0.15, 0.2) is 38.7 Å². The molecule has 0 aromatic heterocycles. The molecular formula is C34H21Cl3F5N5O9. The van der Waals surface area contributed by atoms with Gasteiger partial charge in [0.25, 0.3) is 11.8 Å². The molecule has 4 amide bonds. The average Bonchev–Trinajstić information content (AvgIpc) is 3.47. The highest BCUT2D eigenvalue weighted by molar-refractivity contribution is 6.58. The molecule has 1 N–H and O–H groups in total. The van der Waals surface area contributed by atoms with Crippen LogP contribution in [0.2, 0.25) is 5.02 Å². The Morgan fingerprint density at radius 1 is 0.821 bits per heavy atom. The number of rotatable bonds is 6. The van der Waals surface area contributed by atoms with Gasteiger partial charge in [-0.1, -0.05) is 29.3 Å². The lowest BCUT2D eigenvalue weighted by Crippen LogP contribution is -2.60. The standard InChI is InChI=1S/C34H21Cl3F5N5O9/c1-43(2)27-18(46(53)54)7-11(8-19(27)47(55)56)44-29(49)15-6-5-13-16(20(15)30(44)50)10-33(36)31(51)45(28-25(41)23(39)22(38)24(40)26(28)42)32(52)34(33,37)21(13)14-4-3-12(48)9-17(14)35/h3-5,7-9,15-16,20-21,48H,6,10H2,1-2H3. The molecule has 6 atom stereocenters. The molecule has 0 bridgehead atoms. The minimum Gasteiger partial charge on any atom is -0.508 e. The molecule has 4 aliphatic rings. The third kappa shape index (κ3) is 4.99. The summed E-state index contributed by atoms with van der Waals surface area (Å²) in [5.74, 6) is -24.7. The normalized spacial score (nSPS) is 26.9. The number of benzene rings is 3. The zero-order valence-corrected chi connectivity index (χ0v) is 30.4. The van der Waals surface area contributed by atoms with Crippen molar-refractivity contribution >= 4 is 86.9 Å². The van der Waals surface area contributed by atoms with Gasteiger partial charge < -0.3 is 10.0 Å². The van der Waals surface area contributed by atoms with Crippen LogP contribution in [0.25, 0.3) is 0 Å². The van der Waals surface area contributed by atoms with Crippen molar-refractivity contribution in [3.8, 4) is 5.75 Å². The van der Waals surface area contributed by atoms with Crippen LogP contribution in [0.5, 0.6) is 5.75 Å². The van der Waals surface area contributed by atoms with E-state index in [1.54, 1.807) is 0 Å². The van der Waals surface area contributed by atoms with Gasteiger partial charge in [0.05, 0.1) is 27.4 Å². The van der Waals surface area contributed by atoms with E-state index in [4.69, 9.17) is 34.8 Å². The number of alkyl halides is 2. The topological polar surface area (TPSA) is 185 Å². The molecule has 2 aliphatic carbocycles. The van der Waals surface area contributed by atoms with E-state index in [0.717, 1.165) is 35.2 Å². The van der Waals surface area contributed by atoms with E-state index in [-0.39, 0.29) is 27.5 Å². The Labute approximate surface area is 324 Å². The molecule has 3 fully saturated rings. The van der Waals surface area contributed by atoms with Gasteiger partial charge in [-0.2, -0.15) is 0 Å². The first-order valence-corrected chi connectivity index (χ1v) is 17.2. The lowest BCUT2D eigenvalue weighted by atomic mass is 9.56.